The van der Waals surface area contributed by atoms with E-state index in [-0.39, 0.29) is 5.97 Å². The maximum absolute atomic E-state index is 12.1. The molecule has 174 valence electrons. The Morgan fingerprint density at radius 1 is 0.914 bits per heavy atom. The number of benzene rings is 3. The van der Waals surface area contributed by atoms with Gasteiger partial charge in [-0.1, -0.05) is 48.5 Å². The van der Waals surface area contributed by atoms with Crippen molar-refractivity contribution in [1.82, 2.24) is 9.97 Å². The standard InChI is InChI=1S/C29H25N3O3/c1-2-34-29(33)21-10-6-11-22(16-21)32-23-17-26(24-12-7-13-27-25(24)14-15-30-27)28(31-18-23)35-19-20-8-4-3-5-9-20/h3-18,30,32H,2,19H2,1H3. The lowest BCUT2D eigenvalue weighted by Crippen LogP contribution is -2.05. The van der Waals surface area contributed by atoms with Crippen LogP contribution in [0.5, 0.6) is 5.88 Å². The summed E-state index contributed by atoms with van der Waals surface area (Å²) in [5.41, 5.74) is 6.03. The van der Waals surface area contributed by atoms with Gasteiger partial charge in [0.1, 0.15) is 6.61 Å². The van der Waals surface area contributed by atoms with E-state index < -0.39 is 0 Å². The van der Waals surface area contributed by atoms with E-state index in [9.17, 15) is 4.79 Å². The van der Waals surface area contributed by atoms with Gasteiger partial charge in [0.05, 0.1) is 24.1 Å². The normalized spacial score (nSPS) is 10.8. The van der Waals surface area contributed by atoms with Crippen LogP contribution in [-0.2, 0) is 11.3 Å². The van der Waals surface area contributed by atoms with E-state index >= 15 is 0 Å². The number of anilines is 2. The number of aromatic nitrogens is 2. The van der Waals surface area contributed by atoms with E-state index in [2.05, 4.69) is 27.4 Å². The third-order valence-electron chi connectivity index (χ3n) is 5.62. The van der Waals surface area contributed by atoms with Gasteiger partial charge in [0.15, 0.2) is 0 Å². The number of fused-ring (bicyclic) bond motifs is 1. The van der Waals surface area contributed by atoms with Gasteiger partial charge in [0.25, 0.3) is 0 Å². The van der Waals surface area contributed by atoms with Crippen molar-refractivity contribution in [1.29, 1.82) is 0 Å². The summed E-state index contributed by atoms with van der Waals surface area (Å²) in [5.74, 6) is 0.201. The monoisotopic (exact) mass is 463 g/mol. The maximum Gasteiger partial charge on any atom is 0.338 e. The lowest BCUT2D eigenvalue weighted by Gasteiger charge is -2.15. The average molecular weight is 464 g/mol. The molecule has 5 rings (SSSR count). The fraction of sp³-hybridized carbons (Fsp3) is 0.103. The van der Waals surface area contributed by atoms with E-state index in [1.165, 1.54) is 0 Å². The van der Waals surface area contributed by atoms with Crippen LogP contribution in [0.1, 0.15) is 22.8 Å². The summed E-state index contributed by atoms with van der Waals surface area (Å²) in [6.07, 6.45) is 3.66. The molecule has 0 atom stereocenters. The molecule has 6 nitrogen and oxygen atoms in total. The molecule has 0 unspecified atom stereocenters. The molecule has 0 radical (unpaired) electrons. The summed E-state index contributed by atoms with van der Waals surface area (Å²) in [5, 5.41) is 4.44. The smallest absolute Gasteiger partial charge is 0.338 e. The molecule has 0 aliphatic heterocycles. The number of pyridine rings is 1. The van der Waals surface area contributed by atoms with E-state index in [1.54, 1.807) is 25.3 Å². The van der Waals surface area contributed by atoms with Crippen LogP contribution in [0, 0.1) is 0 Å². The summed E-state index contributed by atoms with van der Waals surface area (Å²) < 4.78 is 11.3. The van der Waals surface area contributed by atoms with Crippen molar-refractivity contribution in [2.75, 3.05) is 11.9 Å². The highest BCUT2D eigenvalue weighted by atomic mass is 16.5. The van der Waals surface area contributed by atoms with Gasteiger partial charge < -0.3 is 19.8 Å². The first-order chi connectivity index (χ1) is 17.2. The van der Waals surface area contributed by atoms with Crippen LogP contribution in [0.4, 0.5) is 11.4 Å². The Kier molecular flexibility index (Phi) is 6.44. The molecule has 0 bridgehead atoms. The molecular weight excluding hydrogens is 438 g/mol. The van der Waals surface area contributed by atoms with Crippen LogP contribution in [-0.4, -0.2) is 22.5 Å². The van der Waals surface area contributed by atoms with E-state index in [0.717, 1.165) is 39.0 Å². The lowest BCUT2D eigenvalue weighted by atomic mass is 10.0. The van der Waals surface area contributed by atoms with Gasteiger partial charge in [0.2, 0.25) is 5.88 Å². The quantitative estimate of drug-likeness (QED) is 0.250. The number of hydrogen-bond donors (Lipinski definition) is 2. The average Bonchev–Trinajstić information content (AvgIpc) is 3.38. The molecule has 0 amide bonds. The molecule has 0 spiro atoms. The first kappa shape index (κ1) is 22.2. The third kappa shape index (κ3) is 5.01. The number of H-pyrrole nitrogens is 1. The minimum absolute atomic E-state index is 0.332. The largest absolute Gasteiger partial charge is 0.472 e. The molecule has 3 aromatic carbocycles. The van der Waals surface area contributed by atoms with Crippen molar-refractivity contribution in [3.63, 3.8) is 0 Å². The second-order valence-corrected chi connectivity index (χ2v) is 8.02. The van der Waals surface area contributed by atoms with Gasteiger partial charge in [-0.15, -0.1) is 0 Å². The van der Waals surface area contributed by atoms with Crippen LogP contribution < -0.4 is 10.1 Å². The molecule has 0 aliphatic rings. The van der Waals surface area contributed by atoms with Crippen molar-refractivity contribution in [2.45, 2.75) is 13.5 Å². The summed E-state index contributed by atoms with van der Waals surface area (Å²) in [4.78, 5) is 20.1. The molecule has 5 aromatic rings. The SMILES string of the molecule is CCOC(=O)c1cccc(Nc2cnc(OCc3ccccc3)c(-c3cccc4[nH]ccc34)c2)c1. The third-order valence-corrected chi connectivity index (χ3v) is 5.62. The van der Waals surface area contributed by atoms with Crippen molar-refractivity contribution >= 4 is 28.2 Å². The second-order valence-electron chi connectivity index (χ2n) is 8.02. The van der Waals surface area contributed by atoms with Gasteiger partial charge >= 0.3 is 5.97 Å². The Hall–Kier alpha value is -4.58. The van der Waals surface area contributed by atoms with Gasteiger partial charge in [-0.3, -0.25) is 0 Å². The molecule has 0 fully saturated rings. The zero-order valence-electron chi connectivity index (χ0n) is 19.3. The van der Waals surface area contributed by atoms with Crippen LogP contribution >= 0.6 is 0 Å². The number of carbonyl (C=O) groups excluding carboxylic acids is 1. The van der Waals surface area contributed by atoms with Crippen molar-refractivity contribution in [3.05, 3.63) is 108 Å². The summed E-state index contributed by atoms with van der Waals surface area (Å²) in [6.45, 7) is 2.54. The number of esters is 1. The molecule has 35 heavy (non-hydrogen) atoms. The molecule has 2 heterocycles. The van der Waals surface area contributed by atoms with Crippen LogP contribution in [0.15, 0.2) is 97.3 Å². The first-order valence-corrected chi connectivity index (χ1v) is 11.5. The van der Waals surface area contributed by atoms with Gasteiger partial charge in [-0.2, -0.15) is 0 Å². The Balaban J connectivity index is 1.50. The zero-order valence-corrected chi connectivity index (χ0v) is 19.3. The molecule has 0 aliphatic carbocycles. The molecule has 2 N–H and O–H groups in total. The Bertz CT molecular complexity index is 1460. The topological polar surface area (TPSA) is 76.2 Å². The maximum atomic E-state index is 12.1. The zero-order chi connectivity index (χ0) is 24.0. The Morgan fingerprint density at radius 2 is 1.77 bits per heavy atom. The number of ether oxygens (including phenoxy) is 2. The van der Waals surface area contributed by atoms with Crippen LogP contribution in [0.2, 0.25) is 0 Å². The number of rotatable bonds is 8. The van der Waals surface area contributed by atoms with E-state index in [0.29, 0.717) is 24.7 Å². The Morgan fingerprint density at radius 3 is 2.63 bits per heavy atom. The van der Waals surface area contributed by atoms with Crippen molar-refractivity contribution in [2.24, 2.45) is 0 Å². The minimum Gasteiger partial charge on any atom is -0.472 e. The highest BCUT2D eigenvalue weighted by Crippen LogP contribution is 2.36. The fourth-order valence-electron chi connectivity index (χ4n) is 3.98. The van der Waals surface area contributed by atoms with Crippen molar-refractivity contribution in [3.8, 4) is 17.0 Å². The van der Waals surface area contributed by atoms with E-state index in [1.807, 2.05) is 66.9 Å². The number of nitrogens with zero attached hydrogens (tertiary/aromatic N) is 1. The number of nitrogens with one attached hydrogen (secondary N) is 2. The van der Waals surface area contributed by atoms with Gasteiger partial charge in [-0.25, -0.2) is 9.78 Å². The molecule has 2 aromatic heterocycles. The second kappa shape index (κ2) is 10.1. The fourth-order valence-corrected chi connectivity index (χ4v) is 3.98. The van der Waals surface area contributed by atoms with E-state index in [4.69, 9.17) is 9.47 Å². The van der Waals surface area contributed by atoms with Crippen LogP contribution in [0.3, 0.4) is 0 Å². The minimum atomic E-state index is -0.348. The molecule has 0 saturated heterocycles. The number of carbonyl (C=O) groups is 1. The highest BCUT2D eigenvalue weighted by Gasteiger charge is 2.14. The summed E-state index contributed by atoms with van der Waals surface area (Å²) in [6, 6.07) is 27.4. The number of hydrogen-bond acceptors (Lipinski definition) is 5. The predicted octanol–water partition coefficient (Wildman–Crippen LogP) is 6.73. The molecular formula is C29H25N3O3. The van der Waals surface area contributed by atoms with Gasteiger partial charge in [-0.05, 0) is 54.4 Å². The summed E-state index contributed by atoms with van der Waals surface area (Å²) >= 11 is 0. The van der Waals surface area contributed by atoms with Crippen molar-refractivity contribution < 1.29 is 14.3 Å². The highest BCUT2D eigenvalue weighted by molar-refractivity contribution is 5.97. The van der Waals surface area contributed by atoms with Crippen LogP contribution in [0.25, 0.3) is 22.0 Å². The van der Waals surface area contributed by atoms with Gasteiger partial charge in [0, 0.05) is 28.4 Å². The Labute approximate surface area is 203 Å². The lowest BCUT2D eigenvalue weighted by molar-refractivity contribution is 0.0526. The first-order valence-electron chi connectivity index (χ1n) is 11.5. The predicted molar refractivity (Wildman–Crippen MR) is 138 cm³/mol. The summed E-state index contributed by atoms with van der Waals surface area (Å²) in [7, 11) is 0. The molecule has 0 saturated carbocycles. The number of aromatic amines is 1. The molecule has 6 heteroatoms.